The van der Waals surface area contributed by atoms with E-state index in [-0.39, 0.29) is 18.9 Å². The summed E-state index contributed by atoms with van der Waals surface area (Å²) in [6, 6.07) is -1.85. The molecule has 20 heavy (non-hydrogen) atoms. The third-order valence-electron chi connectivity index (χ3n) is 3.36. The normalized spacial score (nSPS) is 13.6. The van der Waals surface area contributed by atoms with Crippen molar-refractivity contribution in [2.75, 3.05) is 0 Å². The second kappa shape index (κ2) is 9.17. The van der Waals surface area contributed by atoms with Gasteiger partial charge in [-0.15, -0.1) is 0 Å². The number of aliphatic carboxylic acids is 2. The maximum Gasteiger partial charge on any atom is 0.326 e. The number of carbonyl (C=O) groups is 3. The quantitative estimate of drug-likeness (QED) is 0.512. The number of nitrogens with one attached hydrogen (secondary N) is 2. The fourth-order valence-corrected chi connectivity index (χ4v) is 2.05. The zero-order chi connectivity index (χ0) is 15.7. The van der Waals surface area contributed by atoms with Crippen LogP contribution < -0.4 is 10.6 Å². The molecule has 0 spiro atoms. The molecule has 0 saturated carbocycles. The summed E-state index contributed by atoms with van der Waals surface area (Å²) in [5, 5.41) is 22.5. The average molecular weight is 288 g/mol. The summed E-state index contributed by atoms with van der Waals surface area (Å²) in [7, 11) is 0. The molecule has 7 nitrogen and oxygen atoms in total. The molecule has 2 unspecified atom stereocenters. The van der Waals surface area contributed by atoms with Crippen LogP contribution in [0.15, 0.2) is 0 Å². The number of carboxylic acids is 2. The topological polar surface area (TPSA) is 116 Å². The van der Waals surface area contributed by atoms with Crippen LogP contribution in [0.2, 0.25) is 0 Å². The molecule has 0 aromatic carbocycles. The zero-order valence-corrected chi connectivity index (χ0v) is 12.2. The number of rotatable bonds is 9. The van der Waals surface area contributed by atoms with Crippen molar-refractivity contribution in [2.45, 2.75) is 58.5 Å². The summed E-state index contributed by atoms with van der Waals surface area (Å²) in [6.45, 7) is 5.92. The van der Waals surface area contributed by atoms with Gasteiger partial charge >= 0.3 is 18.0 Å². The molecule has 116 valence electrons. The van der Waals surface area contributed by atoms with Crippen molar-refractivity contribution in [1.82, 2.24) is 10.6 Å². The first kappa shape index (κ1) is 18.2. The van der Waals surface area contributed by atoms with E-state index in [1.54, 1.807) is 0 Å². The number of urea groups is 1. The van der Waals surface area contributed by atoms with E-state index in [0.29, 0.717) is 5.92 Å². The highest BCUT2D eigenvalue weighted by molar-refractivity contribution is 5.83. The molecule has 0 heterocycles. The third-order valence-corrected chi connectivity index (χ3v) is 3.36. The molecular formula is C13H24N2O5. The van der Waals surface area contributed by atoms with Crippen LogP contribution in [0.1, 0.15) is 46.5 Å². The Hall–Kier alpha value is -1.79. The lowest BCUT2D eigenvalue weighted by atomic mass is 9.96. The summed E-state index contributed by atoms with van der Waals surface area (Å²) in [4.78, 5) is 33.1. The van der Waals surface area contributed by atoms with Gasteiger partial charge in [0.2, 0.25) is 0 Å². The van der Waals surface area contributed by atoms with Crippen molar-refractivity contribution in [3.8, 4) is 0 Å². The fraction of sp³-hybridized carbons (Fsp3) is 0.769. The number of carboxylic acid groups (broad SMARTS) is 2. The molecule has 0 bridgehead atoms. The molecule has 2 atom stereocenters. The Morgan fingerprint density at radius 2 is 1.60 bits per heavy atom. The van der Waals surface area contributed by atoms with E-state index in [0.717, 1.165) is 12.8 Å². The van der Waals surface area contributed by atoms with Gasteiger partial charge < -0.3 is 20.8 Å². The van der Waals surface area contributed by atoms with Gasteiger partial charge in [0, 0.05) is 12.5 Å². The lowest BCUT2D eigenvalue weighted by Gasteiger charge is -2.23. The highest BCUT2D eigenvalue weighted by Crippen LogP contribution is 2.12. The van der Waals surface area contributed by atoms with E-state index in [2.05, 4.69) is 10.6 Å². The minimum Gasteiger partial charge on any atom is -0.481 e. The number of carbonyl (C=O) groups excluding carboxylic acids is 1. The predicted octanol–water partition coefficient (Wildman–Crippen LogP) is 1.43. The van der Waals surface area contributed by atoms with Gasteiger partial charge in [0.1, 0.15) is 6.04 Å². The zero-order valence-electron chi connectivity index (χ0n) is 12.2. The van der Waals surface area contributed by atoms with Crippen molar-refractivity contribution in [3.05, 3.63) is 0 Å². The second-order valence-corrected chi connectivity index (χ2v) is 4.81. The molecule has 0 aromatic rings. The van der Waals surface area contributed by atoms with Crippen molar-refractivity contribution in [1.29, 1.82) is 0 Å². The Labute approximate surface area is 118 Å². The van der Waals surface area contributed by atoms with Crippen LogP contribution in [0.3, 0.4) is 0 Å². The van der Waals surface area contributed by atoms with Crippen molar-refractivity contribution >= 4 is 18.0 Å². The summed E-state index contributed by atoms with van der Waals surface area (Å²) in [5.41, 5.74) is 0. The third kappa shape index (κ3) is 6.96. The monoisotopic (exact) mass is 288 g/mol. The van der Waals surface area contributed by atoms with Crippen LogP contribution in [0.4, 0.5) is 4.79 Å². The van der Waals surface area contributed by atoms with Gasteiger partial charge in [-0.05, 0) is 19.3 Å². The molecule has 0 saturated heterocycles. The largest absolute Gasteiger partial charge is 0.481 e. The minimum absolute atomic E-state index is 0.0704. The van der Waals surface area contributed by atoms with Crippen LogP contribution in [0.25, 0.3) is 0 Å². The van der Waals surface area contributed by atoms with Gasteiger partial charge in [-0.2, -0.15) is 0 Å². The van der Waals surface area contributed by atoms with Gasteiger partial charge in [0.25, 0.3) is 0 Å². The van der Waals surface area contributed by atoms with Gasteiger partial charge in [-0.3, -0.25) is 4.79 Å². The van der Waals surface area contributed by atoms with E-state index in [1.807, 2.05) is 20.8 Å². The highest BCUT2D eigenvalue weighted by atomic mass is 16.4. The van der Waals surface area contributed by atoms with Gasteiger partial charge in [0.05, 0.1) is 0 Å². The van der Waals surface area contributed by atoms with Crippen molar-refractivity contribution in [2.24, 2.45) is 5.92 Å². The summed E-state index contributed by atoms with van der Waals surface area (Å²) in [5.74, 6) is -2.01. The fourth-order valence-electron chi connectivity index (χ4n) is 2.05. The minimum atomic E-state index is -1.24. The van der Waals surface area contributed by atoms with Crippen LogP contribution in [-0.2, 0) is 9.59 Å². The smallest absolute Gasteiger partial charge is 0.326 e. The Kier molecular flexibility index (Phi) is 8.35. The summed E-state index contributed by atoms with van der Waals surface area (Å²) < 4.78 is 0. The van der Waals surface area contributed by atoms with Crippen molar-refractivity contribution in [3.63, 3.8) is 0 Å². The Bertz CT molecular complexity index is 342. The molecule has 0 aliphatic heterocycles. The molecule has 0 rings (SSSR count). The Morgan fingerprint density at radius 3 is 2.00 bits per heavy atom. The van der Waals surface area contributed by atoms with Gasteiger partial charge in [-0.25, -0.2) is 9.59 Å². The number of hydrogen-bond acceptors (Lipinski definition) is 3. The molecule has 0 fully saturated rings. The summed E-state index contributed by atoms with van der Waals surface area (Å²) in [6.07, 6.45) is 1.38. The van der Waals surface area contributed by atoms with E-state index >= 15 is 0 Å². The van der Waals surface area contributed by atoms with E-state index in [1.165, 1.54) is 0 Å². The second-order valence-electron chi connectivity index (χ2n) is 4.81. The van der Waals surface area contributed by atoms with E-state index in [4.69, 9.17) is 10.2 Å². The van der Waals surface area contributed by atoms with E-state index < -0.39 is 24.0 Å². The molecule has 7 heteroatoms. The molecule has 0 radical (unpaired) electrons. The van der Waals surface area contributed by atoms with Crippen LogP contribution >= 0.6 is 0 Å². The molecule has 0 aliphatic rings. The van der Waals surface area contributed by atoms with E-state index in [9.17, 15) is 14.4 Å². The molecule has 2 amide bonds. The lowest BCUT2D eigenvalue weighted by Crippen LogP contribution is -2.50. The average Bonchev–Trinajstić information content (AvgIpc) is 2.35. The molecule has 0 aliphatic carbocycles. The maximum absolute atomic E-state index is 11.7. The SMILES string of the molecule is CCC(CC)C(C)NC(=O)NC(CCC(=O)O)C(=O)O. The predicted molar refractivity (Wildman–Crippen MR) is 73.5 cm³/mol. The standard InChI is InChI=1S/C13H24N2O5/c1-4-9(5-2)8(3)14-13(20)15-10(12(18)19)6-7-11(16)17/h8-10H,4-7H2,1-3H3,(H,16,17)(H,18,19)(H2,14,15,20). The summed E-state index contributed by atoms with van der Waals surface area (Å²) >= 11 is 0. The van der Waals surface area contributed by atoms with Crippen LogP contribution in [0.5, 0.6) is 0 Å². The van der Waals surface area contributed by atoms with Crippen molar-refractivity contribution < 1.29 is 24.6 Å². The first-order chi connectivity index (χ1) is 9.31. The molecule has 0 aromatic heterocycles. The number of amides is 2. The highest BCUT2D eigenvalue weighted by Gasteiger charge is 2.22. The van der Waals surface area contributed by atoms with Gasteiger partial charge in [0.15, 0.2) is 0 Å². The molecule has 4 N–H and O–H groups in total. The lowest BCUT2D eigenvalue weighted by molar-refractivity contribution is -0.140. The molecular weight excluding hydrogens is 264 g/mol. The Balaban J connectivity index is 4.38. The van der Waals surface area contributed by atoms with Gasteiger partial charge in [-0.1, -0.05) is 26.7 Å². The number of hydrogen-bond donors (Lipinski definition) is 4. The van der Waals surface area contributed by atoms with Crippen LogP contribution in [-0.4, -0.2) is 40.3 Å². The maximum atomic E-state index is 11.7. The first-order valence-corrected chi connectivity index (χ1v) is 6.83. The first-order valence-electron chi connectivity index (χ1n) is 6.83. The Morgan fingerprint density at radius 1 is 1.05 bits per heavy atom. The van der Waals surface area contributed by atoms with Crippen LogP contribution in [0, 0.1) is 5.92 Å².